The molecule has 0 aromatic heterocycles. The van der Waals surface area contributed by atoms with Crippen molar-refractivity contribution in [3.05, 3.63) is 0 Å². The average molecular weight is 244 g/mol. The van der Waals surface area contributed by atoms with Crippen LogP contribution in [0.3, 0.4) is 0 Å². The molecule has 1 heterocycles. The lowest BCUT2D eigenvalue weighted by molar-refractivity contribution is -0.00424. The molecule has 1 aliphatic rings. The minimum Gasteiger partial charge on any atom is -0.444 e. The number of carbonyl (C=O) groups excluding carboxylic acids is 1. The van der Waals surface area contributed by atoms with E-state index in [1.165, 1.54) is 0 Å². The first kappa shape index (κ1) is 14.3. The van der Waals surface area contributed by atoms with Crippen LogP contribution in [-0.2, 0) is 9.47 Å². The minimum absolute atomic E-state index is 0.0265. The van der Waals surface area contributed by atoms with Gasteiger partial charge in [-0.3, -0.25) is 0 Å². The Morgan fingerprint density at radius 2 is 2.12 bits per heavy atom. The van der Waals surface area contributed by atoms with E-state index in [-0.39, 0.29) is 18.2 Å². The van der Waals surface area contributed by atoms with Crippen LogP contribution in [0.15, 0.2) is 0 Å². The number of hydrogen-bond donors (Lipinski definition) is 1. The van der Waals surface area contributed by atoms with Crippen molar-refractivity contribution in [1.29, 1.82) is 0 Å². The van der Waals surface area contributed by atoms with E-state index in [0.29, 0.717) is 13.2 Å². The Labute approximate surface area is 103 Å². The Morgan fingerprint density at radius 3 is 2.65 bits per heavy atom. The van der Waals surface area contributed by atoms with E-state index in [4.69, 9.17) is 15.2 Å². The Bertz CT molecular complexity index is 263. The van der Waals surface area contributed by atoms with E-state index in [2.05, 4.69) is 0 Å². The highest BCUT2D eigenvalue weighted by atomic mass is 16.6. The van der Waals surface area contributed by atoms with E-state index >= 15 is 0 Å². The fourth-order valence-corrected chi connectivity index (χ4v) is 1.99. The molecule has 0 radical (unpaired) electrons. The summed E-state index contributed by atoms with van der Waals surface area (Å²) >= 11 is 0. The van der Waals surface area contributed by atoms with Crippen molar-refractivity contribution in [2.24, 2.45) is 5.73 Å². The van der Waals surface area contributed by atoms with Gasteiger partial charge >= 0.3 is 6.09 Å². The third-order valence-corrected chi connectivity index (χ3v) is 2.74. The summed E-state index contributed by atoms with van der Waals surface area (Å²) in [5, 5.41) is 0. The predicted octanol–water partition coefficient (Wildman–Crippen LogP) is 1.36. The first-order chi connectivity index (χ1) is 7.83. The third kappa shape index (κ3) is 4.52. The number of nitrogens with two attached hydrogens (primary N) is 1. The number of ether oxygens (including phenoxy) is 2. The molecule has 5 nitrogen and oxygen atoms in total. The summed E-state index contributed by atoms with van der Waals surface area (Å²) in [5.41, 5.74) is 5.45. The molecule has 2 N–H and O–H groups in total. The lowest BCUT2D eigenvalue weighted by Gasteiger charge is -2.38. The van der Waals surface area contributed by atoms with Gasteiger partial charge in [-0.2, -0.15) is 0 Å². The van der Waals surface area contributed by atoms with E-state index in [9.17, 15) is 4.79 Å². The molecular formula is C12H24N2O3. The van der Waals surface area contributed by atoms with Crippen LogP contribution >= 0.6 is 0 Å². The maximum absolute atomic E-state index is 12.0. The summed E-state index contributed by atoms with van der Waals surface area (Å²) in [6, 6.07) is 0.174. The van der Waals surface area contributed by atoms with Gasteiger partial charge < -0.3 is 20.1 Å². The number of methoxy groups -OCH3 is 1. The molecule has 1 rings (SSSR count). The van der Waals surface area contributed by atoms with Gasteiger partial charge in [0.05, 0.1) is 12.6 Å². The van der Waals surface area contributed by atoms with Crippen LogP contribution in [0.2, 0.25) is 0 Å². The molecular weight excluding hydrogens is 220 g/mol. The largest absolute Gasteiger partial charge is 0.444 e. The summed E-state index contributed by atoms with van der Waals surface area (Å²) in [7, 11) is 1.63. The Balaban J connectivity index is 2.62. The van der Waals surface area contributed by atoms with Crippen LogP contribution < -0.4 is 5.73 Å². The van der Waals surface area contributed by atoms with Gasteiger partial charge in [-0.15, -0.1) is 0 Å². The highest BCUT2D eigenvalue weighted by Crippen LogP contribution is 2.20. The molecule has 100 valence electrons. The highest BCUT2D eigenvalue weighted by molar-refractivity contribution is 5.68. The second-order valence-electron chi connectivity index (χ2n) is 5.57. The van der Waals surface area contributed by atoms with Crippen LogP contribution in [0.1, 0.15) is 33.6 Å². The maximum Gasteiger partial charge on any atom is 0.410 e. The van der Waals surface area contributed by atoms with Crippen LogP contribution in [0.25, 0.3) is 0 Å². The van der Waals surface area contributed by atoms with Crippen molar-refractivity contribution in [3.8, 4) is 0 Å². The lowest BCUT2D eigenvalue weighted by atomic mass is 9.99. The van der Waals surface area contributed by atoms with Crippen molar-refractivity contribution >= 4 is 6.09 Å². The first-order valence-corrected chi connectivity index (χ1v) is 6.07. The van der Waals surface area contributed by atoms with Crippen molar-refractivity contribution in [2.45, 2.75) is 51.3 Å². The SMILES string of the molecule is COCC1CC(N)CCN1C(=O)OC(C)(C)C. The minimum atomic E-state index is -0.464. The predicted molar refractivity (Wildman–Crippen MR) is 65.8 cm³/mol. The Hall–Kier alpha value is -0.810. The number of likely N-dealkylation sites (tertiary alicyclic amines) is 1. The highest BCUT2D eigenvalue weighted by Gasteiger charge is 2.32. The molecule has 1 fully saturated rings. The zero-order valence-electron chi connectivity index (χ0n) is 11.2. The van der Waals surface area contributed by atoms with Gasteiger partial charge in [0.2, 0.25) is 0 Å². The molecule has 1 amide bonds. The van der Waals surface area contributed by atoms with Gasteiger partial charge in [0.1, 0.15) is 5.60 Å². The standard InChI is InChI=1S/C12H24N2O3/c1-12(2,3)17-11(15)14-6-5-9(13)7-10(14)8-16-4/h9-10H,5-8,13H2,1-4H3. The molecule has 0 spiro atoms. The molecule has 17 heavy (non-hydrogen) atoms. The topological polar surface area (TPSA) is 64.8 Å². The smallest absolute Gasteiger partial charge is 0.410 e. The van der Waals surface area contributed by atoms with E-state index in [0.717, 1.165) is 12.8 Å². The number of nitrogens with zero attached hydrogens (tertiary/aromatic N) is 1. The van der Waals surface area contributed by atoms with Crippen LogP contribution in [0.4, 0.5) is 4.79 Å². The van der Waals surface area contributed by atoms with Crippen molar-refractivity contribution in [2.75, 3.05) is 20.3 Å². The van der Waals surface area contributed by atoms with E-state index < -0.39 is 5.60 Å². The van der Waals surface area contributed by atoms with Gasteiger partial charge in [-0.1, -0.05) is 0 Å². The van der Waals surface area contributed by atoms with Gasteiger partial charge in [-0.25, -0.2) is 4.79 Å². The fourth-order valence-electron chi connectivity index (χ4n) is 1.99. The van der Waals surface area contributed by atoms with Crippen LogP contribution in [0, 0.1) is 0 Å². The molecule has 0 saturated carbocycles. The Morgan fingerprint density at radius 1 is 1.47 bits per heavy atom. The van der Waals surface area contributed by atoms with Crippen LogP contribution in [-0.4, -0.2) is 48.9 Å². The van der Waals surface area contributed by atoms with Crippen molar-refractivity contribution in [1.82, 2.24) is 4.90 Å². The quantitative estimate of drug-likeness (QED) is 0.796. The average Bonchev–Trinajstić information content (AvgIpc) is 2.15. The molecule has 5 heteroatoms. The summed E-state index contributed by atoms with van der Waals surface area (Å²) in [6.45, 7) is 6.75. The van der Waals surface area contributed by atoms with Gasteiger partial charge in [0, 0.05) is 19.7 Å². The Kier molecular flexibility index (Phi) is 4.77. The number of hydrogen-bond acceptors (Lipinski definition) is 4. The van der Waals surface area contributed by atoms with E-state index in [1.807, 2.05) is 20.8 Å². The second-order valence-corrected chi connectivity index (χ2v) is 5.57. The molecule has 0 aromatic carbocycles. The molecule has 0 bridgehead atoms. The van der Waals surface area contributed by atoms with Crippen LogP contribution in [0.5, 0.6) is 0 Å². The molecule has 2 unspecified atom stereocenters. The van der Waals surface area contributed by atoms with Crippen molar-refractivity contribution in [3.63, 3.8) is 0 Å². The zero-order chi connectivity index (χ0) is 13.1. The molecule has 0 aliphatic carbocycles. The summed E-state index contributed by atoms with van der Waals surface area (Å²) in [4.78, 5) is 13.7. The fraction of sp³-hybridized carbons (Fsp3) is 0.917. The molecule has 2 atom stereocenters. The molecule has 0 aromatic rings. The molecule has 1 aliphatic heterocycles. The maximum atomic E-state index is 12.0. The van der Waals surface area contributed by atoms with Gasteiger partial charge in [0.25, 0.3) is 0 Å². The second kappa shape index (κ2) is 5.69. The number of amides is 1. The lowest BCUT2D eigenvalue weighted by Crippen LogP contribution is -2.52. The molecule has 1 saturated heterocycles. The number of rotatable bonds is 2. The van der Waals surface area contributed by atoms with Gasteiger partial charge in [-0.05, 0) is 33.6 Å². The number of carbonyl (C=O) groups is 1. The summed E-state index contributed by atoms with van der Waals surface area (Å²) in [5.74, 6) is 0. The summed E-state index contributed by atoms with van der Waals surface area (Å²) < 4.78 is 10.5. The van der Waals surface area contributed by atoms with Gasteiger partial charge in [0.15, 0.2) is 0 Å². The first-order valence-electron chi connectivity index (χ1n) is 6.07. The summed E-state index contributed by atoms with van der Waals surface area (Å²) in [6.07, 6.45) is 1.32. The number of piperidine rings is 1. The van der Waals surface area contributed by atoms with Crippen molar-refractivity contribution < 1.29 is 14.3 Å². The monoisotopic (exact) mass is 244 g/mol. The van der Waals surface area contributed by atoms with E-state index in [1.54, 1.807) is 12.0 Å². The third-order valence-electron chi connectivity index (χ3n) is 2.74. The normalized spacial score (nSPS) is 25.8. The zero-order valence-corrected chi connectivity index (χ0v) is 11.2.